The summed E-state index contributed by atoms with van der Waals surface area (Å²) in [6, 6.07) is 20.2. The third-order valence-electron chi connectivity index (χ3n) is 3.75. The summed E-state index contributed by atoms with van der Waals surface area (Å²) < 4.78 is 0. The van der Waals surface area contributed by atoms with Crippen LogP contribution in [-0.2, 0) is 0 Å². The monoisotopic (exact) mass is 346 g/mol. The van der Waals surface area contributed by atoms with Crippen LogP contribution in [0.15, 0.2) is 72.8 Å². The Hall–Kier alpha value is -3.80. The Kier molecular flexibility index (Phi) is 4.85. The molecule has 0 aliphatic heterocycles. The minimum absolute atomic E-state index is 0.233. The number of nitrogens with two attached hydrogens (primary N) is 2. The Labute approximate surface area is 150 Å². The zero-order chi connectivity index (χ0) is 18.5. The first-order valence-electron chi connectivity index (χ1n) is 7.95. The van der Waals surface area contributed by atoms with E-state index in [2.05, 4.69) is 10.6 Å². The lowest BCUT2D eigenvalue weighted by atomic mass is 10.2. The highest BCUT2D eigenvalue weighted by Crippen LogP contribution is 2.16. The van der Waals surface area contributed by atoms with Gasteiger partial charge in [-0.05, 0) is 72.8 Å². The van der Waals surface area contributed by atoms with Crippen LogP contribution >= 0.6 is 0 Å². The minimum atomic E-state index is -0.233. The van der Waals surface area contributed by atoms with E-state index in [0.717, 1.165) is 0 Å². The van der Waals surface area contributed by atoms with Gasteiger partial charge in [0.05, 0.1) is 0 Å². The summed E-state index contributed by atoms with van der Waals surface area (Å²) in [6.07, 6.45) is 0. The first-order chi connectivity index (χ1) is 12.5. The second-order valence-electron chi connectivity index (χ2n) is 5.73. The van der Waals surface area contributed by atoms with Gasteiger partial charge in [-0.25, -0.2) is 0 Å². The molecule has 0 bridgehead atoms. The number of anilines is 4. The van der Waals surface area contributed by atoms with Crippen LogP contribution in [0, 0.1) is 0 Å². The van der Waals surface area contributed by atoms with Crippen LogP contribution in [0.3, 0.4) is 0 Å². The summed E-state index contributed by atoms with van der Waals surface area (Å²) in [5.74, 6) is -0.465. The van der Waals surface area contributed by atoms with Gasteiger partial charge in [0.2, 0.25) is 0 Å². The first kappa shape index (κ1) is 17.0. The van der Waals surface area contributed by atoms with E-state index in [-0.39, 0.29) is 11.8 Å². The molecule has 0 aliphatic carbocycles. The van der Waals surface area contributed by atoms with E-state index in [1.54, 1.807) is 72.8 Å². The van der Waals surface area contributed by atoms with Crippen LogP contribution in [0.25, 0.3) is 0 Å². The SMILES string of the molecule is Nc1ccc(C(=O)Nc2ccc(NC(=O)c3ccc(N)cc3)cc2)cc1. The molecule has 0 saturated heterocycles. The number of hydrogen-bond donors (Lipinski definition) is 4. The largest absolute Gasteiger partial charge is 0.399 e. The Morgan fingerprint density at radius 2 is 0.846 bits per heavy atom. The lowest BCUT2D eigenvalue weighted by Gasteiger charge is -2.08. The molecule has 0 aromatic heterocycles. The van der Waals surface area contributed by atoms with Gasteiger partial charge >= 0.3 is 0 Å². The van der Waals surface area contributed by atoms with Crippen LogP contribution in [0.2, 0.25) is 0 Å². The predicted molar refractivity (Wildman–Crippen MR) is 104 cm³/mol. The van der Waals surface area contributed by atoms with Crippen molar-refractivity contribution >= 4 is 34.6 Å². The maximum atomic E-state index is 12.2. The molecular formula is C20H18N4O2. The van der Waals surface area contributed by atoms with Crippen LogP contribution < -0.4 is 22.1 Å². The van der Waals surface area contributed by atoms with Gasteiger partial charge in [0.25, 0.3) is 11.8 Å². The van der Waals surface area contributed by atoms with Crippen molar-refractivity contribution in [2.75, 3.05) is 22.1 Å². The average molecular weight is 346 g/mol. The summed E-state index contributed by atoms with van der Waals surface area (Å²) in [7, 11) is 0. The van der Waals surface area contributed by atoms with E-state index >= 15 is 0 Å². The van der Waals surface area contributed by atoms with Gasteiger partial charge in [0, 0.05) is 33.9 Å². The van der Waals surface area contributed by atoms with Crippen LogP contribution in [-0.4, -0.2) is 11.8 Å². The first-order valence-corrected chi connectivity index (χ1v) is 7.95. The molecule has 2 amide bonds. The van der Waals surface area contributed by atoms with E-state index in [9.17, 15) is 9.59 Å². The standard InChI is InChI=1S/C20H18N4O2/c21-15-5-1-13(2-6-15)19(25)23-17-9-11-18(12-10-17)24-20(26)14-3-7-16(22)8-4-14/h1-12H,21-22H2,(H,23,25)(H,24,26). The van der Waals surface area contributed by atoms with Gasteiger partial charge in [-0.2, -0.15) is 0 Å². The zero-order valence-corrected chi connectivity index (χ0v) is 13.9. The fourth-order valence-corrected chi connectivity index (χ4v) is 2.31. The molecule has 26 heavy (non-hydrogen) atoms. The Bertz CT molecular complexity index is 839. The molecule has 6 N–H and O–H groups in total. The van der Waals surface area contributed by atoms with E-state index in [0.29, 0.717) is 33.9 Å². The number of carbonyl (C=O) groups excluding carboxylic acids is 2. The third kappa shape index (κ3) is 4.18. The summed E-state index contributed by atoms with van der Waals surface area (Å²) in [5, 5.41) is 5.58. The van der Waals surface area contributed by atoms with Gasteiger partial charge in [0.15, 0.2) is 0 Å². The number of carbonyl (C=O) groups is 2. The second-order valence-corrected chi connectivity index (χ2v) is 5.73. The highest BCUT2D eigenvalue weighted by molar-refractivity contribution is 6.05. The molecule has 6 heteroatoms. The minimum Gasteiger partial charge on any atom is -0.399 e. The fraction of sp³-hybridized carbons (Fsp3) is 0. The number of benzene rings is 3. The quantitative estimate of drug-likeness (QED) is 0.543. The number of nitrogens with one attached hydrogen (secondary N) is 2. The Balaban J connectivity index is 1.62. The lowest BCUT2D eigenvalue weighted by molar-refractivity contribution is 0.101. The summed E-state index contributed by atoms with van der Waals surface area (Å²) in [5.41, 5.74) is 14.7. The predicted octanol–water partition coefficient (Wildman–Crippen LogP) is 3.36. The number of nitrogen functional groups attached to an aromatic ring is 2. The molecule has 3 rings (SSSR count). The maximum absolute atomic E-state index is 12.2. The van der Waals surface area contributed by atoms with Crippen molar-refractivity contribution in [1.82, 2.24) is 0 Å². The third-order valence-corrected chi connectivity index (χ3v) is 3.75. The topological polar surface area (TPSA) is 110 Å². The summed E-state index contributed by atoms with van der Waals surface area (Å²) in [4.78, 5) is 24.3. The van der Waals surface area contributed by atoms with E-state index in [1.165, 1.54) is 0 Å². The van der Waals surface area contributed by atoms with E-state index < -0.39 is 0 Å². The molecule has 0 saturated carbocycles. The van der Waals surface area contributed by atoms with Crippen LogP contribution in [0.5, 0.6) is 0 Å². The van der Waals surface area contributed by atoms with Gasteiger partial charge < -0.3 is 22.1 Å². The van der Waals surface area contributed by atoms with E-state index in [1.807, 2.05) is 0 Å². The van der Waals surface area contributed by atoms with Crippen molar-refractivity contribution in [3.8, 4) is 0 Å². The van der Waals surface area contributed by atoms with Crippen LogP contribution in [0.1, 0.15) is 20.7 Å². The van der Waals surface area contributed by atoms with Gasteiger partial charge in [-0.3, -0.25) is 9.59 Å². The zero-order valence-electron chi connectivity index (χ0n) is 13.9. The molecule has 0 atom stereocenters. The smallest absolute Gasteiger partial charge is 0.255 e. The van der Waals surface area contributed by atoms with Gasteiger partial charge in [-0.1, -0.05) is 0 Å². The molecule has 0 unspecified atom stereocenters. The normalized spacial score (nSPS) is 10.2. The number of hydrogen-bond acceptors (Lipinski definition) is 4. The van der Waals surface area contributed by atoms with Crippen molar-refractivity contribution < 1.29 is 9.59 Å². The molecule has 6 nitrogen and oxygen atoms in total. The molecule has 0 heterocycles. The molecule has 0 spiro atoms. The number of amides is 2. The Morgan fingerprint density at radius 1 is 0.538 bits per heavy atom. The van der Waals surface area contributed by atoms with Crippen molar-refractivity contribution in [1.29, 1.82) is 0 Å². The van der Waals surface area contributed by atoms with Crippen molar-refractivity contribution in [2.24, 2.45) is 0 Å². The molecule has 0 radical (unpaired) electrons. The molecule has 3 aromatic rings. The van der Waals surface area contributed by atoms with E-state index in [4.69, 9.17) is 11.5 Å². The fourth-order valence-electron chi connectivity index (χ4n) is 2.31. The maximum Gasteiger partial charge on any atom is 0.255 e. The van der Waals surface area contributed by atoms with Crippen molar-refractivity contribution in [3.63, 3.8) is 0 Å². The van der Waals surface area contributed by atoms with Crippen LogP contribution in [0.4, 0.5) is 22.7 Å². The summed E-state index contributed by atoms with van der Waals surface area (Å²) >= 11 is 0. The van der Waals surface area contributed by atoms with Crippen molar-refractivity contribution in [2.45, 2.75) is 0 Å². The Morgan fingerprint density at radius 3 is 1.15 bits per heavy atom. The molecule has 3 aromatic carbocycles. The molecule has 0 aliphatic rings. The second kappa shape index (κ2) is 7.40. The highest BCUT2D eigenvalue weighted by Gasteiger charge is 2.08. The average Bonchev–Trinajstić information content (AvgIpc) is 2.64. The lowest BCUT2D eigenvalue weighted by Crippen LogP contribution is -2.13. The van der Waals surface area contributed by atoms with Crippen molar-refractivity contribution in [3.05, 3.63) is 83.9 Å². The molecule has 0 fully saturated rings. The van der Waals surface area contributed by atoms with Gasteiger partial charge in [0.1, 0.15) is 0 Å². The summed E-state index contributed by atoms with van der Waals surface area (Å²) in [6.45, 7) is 0. The van der Waals surface area contributed by atoms with Gasteiger partial charge in [-0.15, -0.1) is 0 Å². The highest BCUT2D eigenvalue weighted by atomic mass is 16.2. The molecule has 130 valence electrons. The number of rotatable bonds is 4. The molecular weight excluding hydrogens is 328 g/mol.